The molecule has 0 aliphatic rings. The van der Waals surface area contributed by atoms with Gasteiger partial charge in [0.25, 0.3) is 0 Å². The Labute approximate surface area is 256 Å². The largest absolute Gasteiger partial charge is 0.456 e. The summed E-state index contributed by atoms with van der Waals surface area (Å²) >= 11 is 0. The first-order chi connectivity index (χ1) is 22.3. The summed E-state index contributed by atoms with van der Waals surface area (Å²) in [6.45, 7) is 0. The van der Waals surface area contributed by atoms with E-state index in [-0.39, 0.29) is 0 Å². The van der Waals surface area contributed by atoms with Gasteiger partial charge in [0.15, 0.2) is 0 Å². The highest BCUT2D eigenvalue weighted by Gasteiger charge is 2.18. The molecule has 0 unspecified atom stereocenters. The Morgan fingerprint density at radius 2 is 0.800 bits per heavy atom. The lowest BCUT2D eigenvalue weighted by Gasteiger charge is -2.12. The standard InChI is InChI=1S/C40H23N3O2/c1-5-13-34-26(9-1)27-10-2-6-14-35(27)43(34)40-41-32(24-17-19-38-30(21-24)28-11-3-7-15-36(28)44-38)23-33(42-40)25-18-20-39-31(22-25)29-12-4-8-16-37(29)45-39/h1-23H. The van der Waals surface area contributed by atoms with Gasteiger partial charge in [-0.1, -0.05) is 72.8 Å². The molecule has 0 N–H and O–H groups in total. The molecular formula is C40H23N3O2. The van der Waals surface area contributed by atoms with E-state index in [0.29, 0.717) is 5.95 Å². The molecular weight excluding hydrogens is 554 g/mol. The molecule has 5 heteroatoms. The molecule has 6 aromatic carbocycles. The maximum Gasteiger partial charge on any atom is 0.235 e. The molecule has 0 atom stereocenters. The van der Waals surface area contributed by atoms with Gasteiger partial charge < -0.3 is 8.83 Å². The van der Waals surface area contributed by atoms with Gasteiger partial charge in [-0.15, -0.1) is 0 Å². The Kier molecular flexibility index (Phi) is 4.93. The molecule has 5 nitrogen and oxygen atoms in total. The Hall–Kier alpha value is -6.20. The number of fused-ring (bicyclic) bond motifs is 9. The Bertz CT molecular complexity index is 2600. The Balaban J connectivity index is 1.26. The van der Waals surface area contributed by atoms with E-state index in [4.69, 9.17) is 18.8 Å². The number of aromatic nitrogens is 3. The first kappa shape index (κ1) is 24.3. The fraction of sp³-hybridized carbons (Fsp3) is 0. The van der Waals surface area contributed by atoms with Crippen molar-refractivity contribution in [2.24, 2.45) is 0 Å². The van der Waals surface area contributed by atoms with Crippen molar-refractivity contribution in [3.63, 3.8) is 0 Å². The summed E-state index contributed by atoms with van der Waals surface area (Å²) in [6, 6.07) is 47.9. The van der Waals surface area contributed by atoms with Crippen LogP contribution in [-0.2, 0) is 0 Å². The first-order valence-corrected chi connectivity index (χ1v) is 15.0. The summed E-state index contributed by atoms with van der Waals surface area (Å²) in [5, 5.41) is 6.63. The fourth-order valence-electron chi connectivity index (χ4n) is 6.74. The number of rotatable bonds is 3. The predicted octanol–water partition coefficient (Wildman–Crippen LogP) is 10.7. The van der Waals surface area contributed by atoms with Crippen LogP contribution in [0.25, 0.3) is 94.1 Å². The van der Waals surface area contributed by atoms with Gasteiger partial charge in [-0.05, 0) is 66.7 Å². The van der Waals surface area contributed by atoms with Crippen molar-refractivity contribution in [2.45, 2.75) is 0 Å². The monoisotopic (exact) mass is 577 g/mol. The third-order valence-electron chi connectivity index (χ3n) is 8.84. The van der Waals surface area contributed by atoms with E-state index in [1.807, 2.05) is 48.5 Å². The van der Waals surface area contributed by atoms with Crippen LogP contribution in [0.1, 0.15) is 0 Å². The molecule has 0 bridgehead atoms. The molecule has 0 aliphatic carbocycles. The lowest BCUT2D eigenvalue weighted by atomic mass is 10.0. The minimum atomic E-state index is 0.620. The van der Waals surface area contributed by atoms with E-state index in [1.165, 1.54) is 10.8 Å². The van der Waals surface area contributed by atoms with E-state index >= 15 is 0 Å². The minimum Gasteiger partial charge on any atom is -0.456 e. The second-order valence-electron chi connectivity index (χ2n) is 11.4. The zero-order chi connectivity index (χ0) is 29.5. The molecule has 0 spiro atoms. The van der Waals surface area contributed by atoms with Gasteiger partial charge in [-0.2, -0.15) is 0 Å². The van der Waals surface area contributed by atoms with Gasteiger partial charge in [0.2, 0.25) is 5.95 Å². The van der Waals surface area contributed by atoms with Crippen LogP contribution in [0.5, 0.6) is 0 Å². The summed E-state index contributed by atoms with van der Waals surface area (Å²) in [4.78, 5) is 10.5. The van der Waals surface area contributed by atoms with Crippen LogP contribution in [0.3, 0.4) is 0 Å². The highest BCUT2D eigenvalue weighted by molar-refractivity contribution is 6.10. The Morgan fingerprint density at radius 1 is 0.378 bits per heavy atom. The van der Waals surface area contributed by atoms with Gasteiger partial charge in [0, 0.05) is 43.4 Å². The van der Waals surface area contributed by atoms with Gasteiger partial charge >= 0.3 is 0 Å². The third-order valence-corrected chi connectivity index (χ3v) is 8.84. The maximum absolute atomic E-state index is 6.14. The molecule has 0 fully saturated rings. The first-order valence-electron chi connectivity index (χ1n) is 15.0. The molecule has 210 valence electrons. The predicted molar refractivity (Wildman–Crippen MR) is 182 cm³/mol. The summed E-state index contributed by atoms with van der Waals surface area (Å²) < 4.78 is 14.5. The normalized spacial score (nSPS) is 12.0. The van der Waals surface area contributed by atoms with E-state index in [2.05, 4.69) is 95.6 Å². The van der Waals surface area contributed by atoms with E-state index in [9.17, 15) is 0 Å². The van der Waals surface area contributed by atoms with Crippen LogP contribution >= 0.6 is 0 Å². The van der Waals surface area contributed by atoms with Crippen molar-refractivity contribution in [3.05, 3.63) is 140 Å². The highest BCUT2D eigenvalue weighted by atomic mass is 16.3. The maximum atomic E-state index is 6.14. The summed E-state index contributed by atoms with van der Waals surface area (Å²) in [7, 11) is 0. The molecule has 0 amide bonds. The quantitative estimate of drug-likeness (QED) is 0.210. The van der Waals surface area contributed by atoms with Crippen LogP contribution in [0.15, 0.2) is 148 Å². The van der Waals surface area contributed by atoms with Crippen molar-refractivity contribution in [1.29, 1.82) is 0 Å². The second kappa shape index (κ2) is 9.15. The third kappa shape index (κ3) is 3.61. The molecule has 0 radical (unpaired) electrons. The lowest BCUT2D eigenvalue weighted by molar-refractivity contribution is 0.668. The van der Waals surface area contributed by atoms with Crippen LogP contribution in [0.4, 0.5) is 0 Å². The van der Waals surface area contributed by atoms with Crippen molar-refractivity contribution < 1.29 is 8.83 Å². The zero-order valence-electron chi connectivity index (χ0n) is 23.9. The van der Waals surface area contributed by atoms with Crippen LogP contribution in [0.2, 0.25) is 0 Å². The minimum absolute atomic E-state index is 0.620. The SMILES string of the molecule is c1ccc2c(c1)oc1ccc(-c3cc(-c4ccc5oc6ccccc6c5c4)nc(-n4c5ccccc5c5ccccc54)n3)cc12. The number of nitrogens with zero attached hydrogens (tertiary/aromatic N) is 3. The van der Waals surface area contributed by atoms with Crippen LogP contribution in [0, 0.1) is 0 Å². The summed E-state index contributed by atoms with van der Waals surface area (Å²) in [5.41, 5.74) is 9.25. The molecule has 10 aromatic rings. The van der Waals surface area contributed by atoms with Crippen molar-refractivity contribution in [3.8, 4) is 28.5 Å². The molecule has 0 saturated heterocycles. The molecule has 0 aliphatic heterocycles. The number of furan rings is 2. The number of hydrogen-bond donors (Lipinski definition) is 0. The molecule has 4 aromatic heterocycles. The van der Waals surface area contributed by atoms with Gasteiger partial charge in [0.1, 0.15) is 22.3 Å². The number of benzene rings is 6. The van der Waals surface area contributed by atoms with Gasteiger partial charge in [-0.25, -0.2) is 9.97 Å². The molecule has 45 heavy (non-hydrogen) atoms. The number of para-hydroxylation sites is 4. The zero-order valence-corrected chi connectivity index (χ0v) is 23.9. The van der Waals surface area contributed by atoms with E-state index < -0.39 is 0 Å². The summed E-state index contributed by atoms with van der Waals surface area (Å²) in [6.07, 6.45) is 0. The fourth-order valence-corrected chi connectivity index (χ4v) is 6.74. The van der Waals surface area contributed by atoms with Crippen LogP contribution < -0.4 is 0 Å². The van der Waals surface area contributed by atoms with E-state index in [1.54, 1.807) is 0 Å². The summed E-state index contributed by atoms with van der Waals surface area (Å²) in [5.74, 6) is 0.620. The second-order valence-corrected chi connectivity index (χ2v) is 11.4. The van der Waals surface area contributed by atoms with Gasteiger partial charge in [-0.3, -0.25) is 4.57 Å². The van der Waals surface area contributed by atoms with Crippen molar-refractivity contribution in [1.82, 2.24) is 14.5 Å². The average molecular weight is 578 g/mol. The van der Waals surface area contributed by atoms with Crippen molar-refractivity contribution in [2.75, 3.05) is 0 Å². The van der Waals surface area contributed by atoms with Crippen LogP contribution in [-0.4, -0.2) is 14.5 Å². The molecule has 4 heterocycles. The average Bonchev–Trinajstić information content (AvgIpc) is 3.77. The van der Waals surface area contributed by atoms with Crippen molar-refractivity contribution >= 4 is 65.7 Å². The lowest BCUT2D eigenvalue weighted by Crippen LogP contribution is -2.04. The van der Waals surface area contributed by atoms with E-state index in [0.717, 1.165) is 77.4 Å². The molecule has 0 saturated carbocycles. The number of hydrogen-bond acceptors (Lipinski definition) is 4. The Morgan fingerprint density at radius 3 is 1.31 bits per heavy atom. The van der Waals surface area contributed by atoms with Gasteiger partial charge in [0.05, 0.1) is 22.4 Å². The highest BCUT2D eigenvalue weighted by Crippen LogP contribution is 2.37. The topological polar surface area (TPSA) is 57.0 Å². The smallest absolute Gasteiger partial charge is 0.235 e. The molecule has 10 rings (SSSR count).